The highest BCUT2D eigenvalue weighted by atomic mass is 16.5. The fourth-order valence-corrected chi connectivity index (χ4v) is 2.92. The molecule has 0 bridgehead atoms. The summed E-state index contributed by atoms with van der Waals surface area (Å²) in [5.41, 5.74) is 2.66. The van der Waals surface area contributed by atoms with Crippen LogP contribution in [0.2, 0.25) is 0 Å². The third-order valence-corrected chi connectivity index (χ3v) is 4.02. The number of aryl methyl sites for hydroxylation is 1. The van der Waals surface area contributed by atoms with E-state index in [1.165, 1.54) is 16.5 Å². The monoisotopic (exact) mass is 274 g/mol. The van der Waals surface area contributed by atoms with Crippen molar-refractivity contribution in [3.63, 3.8) is 0 Å². The number of rotatable bonds is 3. The fourth-order valence-electron chi connectivity index (χ4n) is 2.92. The molecule has 3 rings (SSSR count). The van der Waals surface area contributed by atoms with E-state index in [2.05, 4.69) is 47.0 Å². The van der Waals surface area contributed by atoms with Crippen LogP contribution in [0.4, 0.5) is 0 Å². The van der Waals surface area contributed by atoms with Crippen LogP contribution in [0.15, 0.2) is 30.5 Å². The van der Waals surface area contributed by atoms with Gasteiger partial charge in [-0.3, -0.25) is 4.90 Å². The van der Waals surface area contributed by atoms with Crippen LogP contribution in [0, 0.1) is 0 Å². The number of hydrogen-bond donors (Lipinski definition) is 0. The Kier molecular flexibility index (Phi) is 4.05. The third kappa shape index (κ3) is 2.73. The van der Waals surface area contributed by atoms with Crippen molar-refractivity contribution in [1.82, 2.24) is 9.47 Å². The molecule has 0 aliphatic carbocycles. The largest absolute Gasteiger partial charge is 0.378 e. The van der Waals surface area contributed by atoms with E-state index in [0.29, 0.717) is 6.61 Å². The van der Waals surface area contributed by atoms with Crippen LogP contribution < -0.4 is 0 Å². The first kappa shape index (κ1) is 13.6. The van der Waals surface area contributed by atoms with Gasteiger partial charge < -0.3 is 14.0 Å². The average molecular weight is 274 g/mol. The van der Waals surface area contributed by atoms with Crippen LogP contribution in [0.5, 0.6) is 0 Å². The number of nitrogens with zero attached hydrogens (tertiary/aromatic N) is 2. The number of benzene rings is 1. The van der Waals surface area contributed by atoms with Gasteiger partial charge in [-0.25, -0.2) is 0 Å². The second-order valence-electron chi connectivity index (χ2n) is 5.45. The first-order valence-corrected chi connectivity index (χ1v) is 7.14. The smallest absolute Gasteiger partial charge is 0.0931 e. The summed E-state index contributed by atoms with van der Waals surface area (Å²) in [6.45, 7) is 4.32. The summed E-state index contributed by atoms with van der Waals surface area (Å²) in [5, 5.41) is 1.34. The summed E-state index contributed by atoms with van der Waals surface area (Å²) in [4.78, 5) is 2.42. The van der Waals surface area contributed by atoms with Crippen molar-refractivity contribution in [3.8, 4) is 0 Å². The molecule has 1 aliphatic heterocycles. The molecule has 1 aromatic carbocycles. The highest BCUT2D eigenvalue weighted by molar-refractivity contribution is 5.83. The second-order valence-corrected chi connectivity index (χ2v) is 5.45. The predicted octanol–water partition coefficient (Wildman–Crippen LogP) is 2.03. The van der Waals surface area contributed by atoms with Crippen molar-refractivity contribution in [2.75, 3.05) is 33.4 Å². The summed E-state index contributed by atoms with van der Waals surface area (Å²) in [6, 6.07) is 8.57. The van der Waals surface area contributed by atoms with Crippen LogP contribution in [0.25, 0.3) is 10.9 Å². The van der Waals surface area contributed by atoms with Gasteiger partial charge >= 0.3 is 0 Å². The number of aromatic nitrogens is 1. The lowest BCUT2D eigenvalue weighted by atomic mass is 10.1. The Bertz CT molecular complexity index is 579. The van der Waals surface area contributed by atoms with Gasteiger partial charge in [-0.15, -0.1) is 0 Å². The maximum absolute atomic E-state index is 5.59. The number of fused-ring (bicyclic) bond motifs is 1. The van der Waals surface area contributed by atoms with Gasteiger partial charge in [-0.05, 0) is 11.6 Å². The minimum Gasteiger partial charge on any atom is -0.378 e. The Hall–Kier alpha value is -1.36. The Morgan fingerprint density at radius 3 is 3.05 bits per heavy atom. The maximum atomic E-state index is 5.59. The zero-order valence-corrected chi connectivity index (χ0v) is 12.2. The predicted molar refractivity (Wildman–Crippen MR) is 79.8 cm³/mol. The van der Waals surface area contributed by atoms with Gasteiger partial charge in [0.15, 0.2) is 0 Å². The molecule has 1 saturated heterocycles. The molecule has 4 heteroatoms. The van der Waals surface area contributed by atoms with E-state index in [0.717, 1.165) is 26.2 Å². The van der Waals surface area contributed by atoms with Crippen molar-refractivity contribution in [2.45, 2.75) is 12.6 Å². The van der Waals surface area contributed by atoms with Gasteiger partial charge in [-0.2, -0.15) is 0 Å². The van der Waals surface area contributed by atoms with Crippen LogP contribution >= 0.6 is 0 Å². The van der Waals surface area contributed by atoms with E-state index in [1.54, 1.807) is 7.11 Å². The van der Waals surface area contributed by atoms with E-state index >= 15 is 0 Å². The van der Waals surface area contributed by atoms with Crippen molar-refractivity contribution in [3.05, 3.63) is 36.0 Å². The summed E-state index contributed by atoms with van der Waals surface area (Å²) in [7, 11) is 3.87. The SMILES string of the molecule is COC1COCCN(Cc2cn(C)c3ccccc23)C1. The summed E-state index contributed by atoms with van der Waals surface area (Å²) in [5.74, 6) is 0. The molecule has 20 heavy (non-hydrogen) atoms. The Balaban J connectivity index is 1.81. The van der Waals surface area contributed by atoms with Gasteiger partial charge in [0.1, 0.15) is 0 Å². The number of ether oxygens (including phenoxy) is 2. The molecule has 1 fully saturated rings. The molecule has 108 valence electrons. The lowest BCUT2D eigenvalue weighted by Crippen LogP contribution is -2.33. The molecule has 0 spiro atoms. The fraction of sp³-hybridized carbons (Fsp3) is 0.500. The molecular formula is C16H22N2O2. The molecular weight excluding hydrogens is 252 g/mol. The third-order valence-electron chi connectivity index (χ3n) is 4.02. The minimum absolute atomic E-state index is 0.174. The van der Waals surface area contributed by atoms with Crippen molar-refractivity contribution >= 4 is 10.9 Å². The lowest BCUT2D eigenvalue weighted by Gasteiger charge is -2.22. The Morgan fingerprint density at radius 1 is 1.35 bits per heavy atom. The highest BCUT2D eigenvalue weighted by Gasteiger charge is 2.19. The molecule has 1 unspecified atom stereocenters. The zero-order chi connectivity index (χ0) is 13.9. The zero-order valence-electron chi connectivity index (χ0n) is 12.2. The lowest BCUT2D eigenvalue weighted by molar-refractivity contribution is 0.0225. The standard InChI is InChI=1S/C16H22N2O2/c1-17-9-13(15-5-3-4-6-16(15)17)10-18-7-8-20-12-14(11-18)19-2/h3-6,9,14H,7-8,10-12H2,1-2H3. The van der Waals surface area contributed by atoms with Crippen molar-refractivity contribution in [2.24, 2.45) is 7.05 Å². The normalized spacial score (nSPS) is 21.2. The molecule has 1 aromatic heterocycles. The highest BCUT2D eigenvalue weighted by Crippen LogP contribution is 2.22. The first-order valence-electron chi connectivity index (χ1n) is 7.14. The van der Waals surface area contributed by atoms with E-state index in [-0.39, 0.29) is 6.10 Å². The van der Waals surface area contributed by atoms with E-state index in [1.807, 2.05) is 0 Å². The topological polar surface area (TPSA) is 26.6 Å². The summed E-state index contributed by atoms with van der Waals surface area (Å²) >= 11 is 0. The molecule has 0 saturated carbocycles. The second kappa shape index (κ2) is 5.95. The summed E-state index contributed by atoms with van der Waals surface area (Å²) in [6.07, 6.45) is 2.41. The summed E-state index contributed by atoms with van der Waals surface area (Å²) < 4.78 is 13.2. The molecule has 2 aromatic rings. The van der Waals surface area contributed by atoms with Gasteiger partial charge in [-0.1, -0.05) is 18.2 Å². The van der Waals surface area contributed by atoms with Crippen LogP contribution in [0.3, 0.4) is 0 Å². The van der Waals surface area contributed by atoms with Crippen LogP contribution in [0.1, 0.15) is 5.56 Å². The van der Waals surface area contributed by atoms with Crippen molar-refractivity contribution in [1.29, 1.82) is 0 Å². The molecule has 4 nitrogen and oxygen atoms in total. The quantitative estimate of drug-likeness (QED) is 0.857. The number of methoxy groups -OCH3 is 1. The molecule has 1 atom stereocenters. The van der Waals surface area contributed by atoms with E-state index in [4.69, 9.17) is 9.47 Å². The Labute approximate surface area is 119 Å². The van der Waals surface area contributed by atoms with Gasteiger partial charge in [0, 0.05) is 50.9 Å². The molecule has 1 aliphatic rings. The van der Waals surface area contributed by atoms with Crippen LogP contribution in [-0.2, 0) is 23.1 Å². The maximum Gasteiger partial charge on any atom is 0.0931 e. The van der Waals surface area contributed by atoms with Gasteiger partial charge in [0.25, 0.3) is 0 Å². The number of hydrogen-bond acceptors (Lipinski definition) is 3. The number of para-hydroxylation sites is 1. The van der Waals surface area contributed by atoms with Gasteiger partial charge in [0.05, 0.1) is 19.3 Å². The van der Waals surface area contributed by atoms with E-state index < -0.39 is 0 Å². The minimum atomic E-state index is 0.174. The first-order chi connectivity index (χ1) is 9.78. The van der Waals surface area contributed by atoms with E-state index in [9.17, 15) is 0 Å². The van der Waals surface area contributed by atoms with Crippen LogP contribution in [-0.4, -0.2) is 49.0 Å². The Morgan fingerprint density at radius 2 is 2.20 bits per heavy atom. The van der Waals surface area contributed by atoms with Gasteiger partial charge in [0.2, 0.25) is 0 Å². The molecule has 0 amide bonds. The van der Waals surface area contributed by atoms with Crippen molar-refractivity contribution < 1.29 is 9.47 Å². The molecule has 0 radical (unpaired) electrons. The molecule has 0 N–H and O–H groups in total. The average Bonchev–Trinajstić information content (AvgIpc) is 2.65. The molecule has 2 heterocycles.